The molecule has 0 aliphatic heterocycles. The summed E-state index contributed by atoms with van der Waals surface area (Å²) in [4.78, 5) is 0. The Morgan fingerprint density at radius 2 is 1.64 bits per heavy atom. The second-order valence-electron chi connectivity index (χ2n) is 4.62. The summed E-state index contributed by atoms with van der Waals surface area (Å²) >= 11 is 5.03. The van der Waals surface area contributed by atoms with E-state index in [2.05, 4.69) is 10.6 Å². The van der Waals surface area contributed by atoms with Crippen molar-refractivity contribution in [2.24, 2.45) is 0 Å². The molecule has 0 saturated heterocycles. The number of hydrogen-bond donors (Lipinski definition) is 2. The standard InChI is InChI=1S/C15H12F4N2S/c1-9-7-12(5-6-13(9)16)21-14(22)20-11-4-2-3-10(8-11)15(17,18)19/h2-8H,1H3,(H2,20,21,22). The molecule has 0 amide bonds. The minimum atomic E-state index is -4.42. The SMILES string of the molecule is Cc1cc(NC(=S)Nc2cccc(C(F)(F)F)c2)ccc1F. The summed E-state index contributed by atoms with van der Waals surface area (Å²) in [5.41, 5.74) is 0.430. The van der Waals surface area contributed by atoms with Crippen molar-refractivity contribution < 1.29 is 17.6 Å². The van der Waals surface area contributed by atoms with Crippen LogP contribution < -0.4 is 10.6 Å². The van der Waals surface area contributed by atoms with E-state index in [1.807, 2.05) is 0 Å². The Kier molecular flexibility index (Phi) is 4.65. The number of benzene rings is 2. The largest absolute Gasteiger partial charge is 0.416 e. The number of halogens is 4. The molecule has 0 heterocycles. The monoisotopic (exact) mass is 328 g/mol. The third-order valence-electron chi connectivity index (χ3n) is 2.86. The van der Waals surface area contributed by atoms with Gasteiger partial charge in [-0.1, -0.05) is 6.07 Å². The fraction of sp³-hybridized carbons (Fsp3) is 0.133. The van der Waals surface area contributed by atoms with E-state index in [-0.39, 0.29) is 16.6 Å². The molecule has 0 spiro atoms. The van der Waals surface area contributed by atoms with Crippen LogP contribution in [0.25, 0.3) is 0 Å². The Balaban J connectivity index is 2.07. The number of anilines is 2. The summed E-state index contributed by atoms with van der Waals surface area (Å²) in [6, 6.07) is 9.02. The highest BCUT2D eigenvalue weighted by molar-refractivity contribution is 7.80. The maximum Gasteiger partial charge on any atom is 0.416 e. The summed E-state index contributed by atoms with van der Waals surface area (Å²) in [6.07, 6.45) is -4.42. The lowest BCUT2D eigenvalue weighted by atomic mass is 10.2. The number of rotatable bonds is 2. The van der Waals surface area contributed by atoms with E-state index >= 15 is 0 Å². The lowest BCUT2D eigenvalue weighted by molar-refractivity contribution is -0.137. The number of hydrogen-bond acceptors (Lipinski definition) is 1. The highest BCUT2D eigenvalue weighted by Gasteiger charge is 2.30. The predicted molar refractivity (Wildman–Crippen MR) is 82.4 cm³/mol. The molecule has 0 fully saturated rings. The van der Waals surface area contributed by atoms with Crippen LogP contribution in [0.3, 0.4) is 0 Å². The summed E-state index contributed by atoms with van der Waals surface area (Å²) in [7, 11) is 0. The molecule has 0 bridgehead atoms. The number of thiocarbonyl (C=S) groups is 1. The Labute approximate surface area is 130 Å². The number of nitrogens with one attached hydrogen (secondary N) is 2. The Bertz CT molecular complexity index is 698. The van der Waals surface area contributed by atoms with Gasteiger partial charge in [0.2, 0.25) is 0 Å². The molecule has 0 aromatic heterocycles. The van der Waals surface area contributed by atoms with Crippen molar-refractivity contribution in [3.05, 3.63) is 59.4 Å². The van der Waals surface area contributed by atoms with E-state index in [1.54, 1.807) is 13.0 Å². The average Bonchev–Trinajstić information content (AvgIpc) is 2.42. The van der Waals surface area contributed by atoms with Crippen molar-refractivity contribution in [3.8, 4) is 0 Å². The van der Waals surface area contributed by atoms with Gasteiger partial charge in [0.05, 0.1) is 5.56 Å². The number of alkyl halides is 3. The molecule has 2 N–H and O–H groups in total. The van der Waals surface area contributed by atoms with Crippen molar-refractivity contribution in [1.82, 2.24) is 0 Å². The van der Waals surface area contributed by atoms with Gasteiger partial charge in [0.25, 0.3) is 0 Å². The normalized spacial score (nSPS) is 11.1. The van der Waals surface area contributed by atoms with Gasteiger partial charge in [0, 0.05) is 11.4 Å². The minimum Gasteiger partial charge on any atom is -0.332 e. The molecular weight excluding hydrogens is 316 g/mol. The molecule has 2 aromatic carbocycles. The summed E-state index contributed by atoms with van der Waals surface area (Å²) in [6.45, 7) is 1.60. The first-order valence-corrected chi connectivity index (χ1v) is 6.68. The predicted octanol–water partition coefficient (Wildman–Crippen LogP) is 4.96. The zero-order valence-corrected chi connectivity index (χ0v) is 12.3. The van der Waals surface area contributed by atoms with Crippen molar-refractivity contribution >= 4 is 28.7 Å². The molecule has 0 radical (unpaired) electrons. The van der Waals surface area contributed by atoms with Gasteiger partial charge in [-0.2, -0.15) is 13.2 Å². The third-order valence-corrected chi connectivity index (χ3v) is 3.07. The molecule has 0 saturated carbocycles. The van der Waals surface area contributed by atoms with Crippen LogP contribution in [0.5, 0.6) is 0 Å². The zero-order valence-electron chi connectivity index (χ0n) is 11.5. The van der Waals surface area contributed by atoms with Crippen molar-refractivity contribution in [2.45, 2.75) is 13.1 Å². The fourth-order valence-corrected chi connectivity index (χ4v) is 2.02. The van der Waals surface area contributed by atoms with Crippen molar-refractivity contribution in [3.63, 3.8) is 0 Å². The van der Waals surface area contributed by atoms with E-state index in [0.29, 0.717) is 11.3 Å². The quantitative estimate of drug-likeness (QED) is 0.602. The molecule has 7 heteroatoms. The van der Waals surface area contributed by atoms with Crippen LogP contribution in [0, 0.1) is 12.7 Å². The molecule has 116 valence electrons. The van der Waals surface area contributed by atoms with E-state index in [1.165, 1.54) is 24.3 Å². The van der Waals surface area contributed by atoms with Gasteiger partial charge in [0.1, 0.15) is 5.82 Å². The third kappa shape index (κ3) is 4.17. The van der Waals surface area contributed by atoms with Gasteiger partial charge in [-0.25, -0.2) is 4.39 Å². The van der Waals surface area contributed by atoms with Crippen LogP contribution in [0.2, 0.25) is 0 Å². The maximum atomic E-state index is 13.2. The van der Waals surface area contributed by atoms with Crippen LogP contribution in [-0.2, 0) is 6.18 Å². The van der Waals surface area contributed by atoms with Crippen LogP contribution in [0.4, 0.5) is 28.9 Å². The lowest BCUT2D eigenvalue weighted by Gasteiger charge is -2.13. The van der Waals surface area contributed by atoms with Crippen LogP contribution in [-0.4, -0.2) is 5.11 Å². The van der Waals surface area contributed by atoms with Gasteiger partial charge in [-0.15, -0.1) is 0 Å². The van der Waals surface area contributed by atoms with Crippen molar-refractivity contribution in [1.29, 1.82) is 0 Å². The highest BCUT2D eigenvalue weighted by atomic mass is 32.1. The van der Waals surface area contributed by atoms with E-state index in [0.717, 1.165) is 12.1 Å². The van der Waals surface area contributed by atoms with Gasteiger partial charge in [0.15, 0.2) is 5.11 Å². The molecule has 2 rings (SSSR count). The Hall–Kier alpha value is -2.15. The Morgan fingerprint density at radius 3 is 2.23 bits per heavy atom. The van der Waals surface area contributed by atoms with Crippen LogP contribution >= 0.6 is 12.2 Å². The molecule has 0 atom stereocenters. The van der Waals surface area contributed by atoms with Crippen LogP contribution in [0.1, 0.15) is 11.1 Å². The first kappa shape index (κ1) is 16.2. The van der Waals surface area contributed by atoms with Gasteiger partial charge >= 0.3 is 6.18 Å². The van der Waals surface area contributed by atoms with Crippen molar-refractivity contribution in [2.75, 3.05) is 10.6 Å². The molecule has 2 aromatic rings. The molecular formula is C15H12F4N2S. The van der Waals surface area contributed by atoms with E-state index < -0.39 is 11.7 Å². The fourth-order valence-electron chi connectivity index (χ4n) is 1.79. The lowest BCUT2D eigenvalue weighted by Crippen LogP contribution is -2.19. The minimum absolute atomic E-state index is 0.116. The molecule has 0 aliphatic rings. The molecule has 2 nitrogen and oxygen atoms in total. The smallest absolute Gasteiger partial charge is 0.332 e. The molecule has 22 heavy (non-hydrogen) atoms. The topological polar surface area (TPSA) is 24.1 Å². The molecule has 0 aliphatic carbocycles. The van der Waals surface area contributed by atoms with Gasteiger partial charge in [-0.05, 0) is 61.1 Å². The zero-order chi connectivity index (χ0) is 16.3. The Morgan fingerprint density at radius 1 is 1.00 bits per heavy atom. The first-order chi connectivity index (χ1) is 10.3. The average molecular weight is 328 g/mol. The van der Waals surface area contributed by atoms with Gasteiger partial charge in [-0.3, -0.25) is 0 Å². The van der Waals surface area contributed by atoms with E-state index in [9.17, 15) is 17.6 Å². The van der Waals surface area contributed by atoms with Gasteiger partial charge < -0.3 is 10.6 Å². The summed E-state index contributed by atoms with van der Waals surface area (Å²) in [5.74, 6) is -0.345. The first-order valence-electron chi connectivity index (χ1n) is 6.27. The second kappa shape index (κ2) is 6.31. The highest BCUT2D eigenvalue weighted by Crippen LogP contribution is 2.30. The maximum absolute atomic E-state index is 13.2. The summed E-state index contributed by atoms with van der Waals surface area (Å²) < 4.78 is 51.0. The summed E-state index contributed by atoms with van der Waals surface area (Å²) in [5, 5.41) is 5.57. The number of aryl methyl sites for hydroxylation is 1. The van der Waals surface area contributed by atoms with Crippen LogP contribution in [0.15, 0.2) is 42.5 Å². The van der Waals surface area contributed by atoms with E-state index in [4.69, 9.17) is 12.2 Å². The molecule has 0 unspecified atom stereocenters. The second-order valence-corrected chi connectivity index (χ2v) is 5.03.